The smallest absolute Gasteiger partial charge is 0.251 e. The fourth-order valence-electron chi connectivity index (χ4n) is 3.93. The normalized spacial score (nSPS) is 10.3. The molecule has 0 fully saturated rings. The molecule has 0 spiro atoms. The third-order valence-electron chi connectivity index (χ3n) is 6.00. The van der Waals surface area contributed by atoms with Gasteiger partial charge >= 0.3 is 0 Å². The Morgan fingerprint density at radius 2 is 1.63 bits per heavy atom. The molecular weight excluding hydrogens is 486 g/mol. The van der Waals surface area contributed by atoms with E-state index >= 15 is 0 Å². The van der Waals surface area contributed by atoms with Crippen molar-refractivity contribution in [3.63, 3.8) is 0 Å². The number of carbonyl (C=O) groups excluding carboxylic acids is 2. The number of nitrogens with zero attached hydrogens (tertiary/aromatic N) is 1. The number of ether oxygens (including phenoxy) is 3. The first-order valence-corrected chi connectivity index (χ1v) is 11.8. The number of likely N-dealkylation sites (N-methyl/N-ethyl adjacent to an activating group) is 1. The van der Waals surface area contributed by atoms with Gasteiger partial charge in [0.1, 0.15) is 23.1 Å². The number of hydrogen-bond acceptors (Lipinski definition) is 7. The van der Waals surface area contributed by atoms with Gasteiger partial charge in [-0.1, -0.05) is 18.2 Å². The van der Waals surface area contributed by atoms with Crippen molar-refractivity contribution in [2.45, 2.75) is 13.5 Å². The molecule has 3 rings (SSSR count). The van der Waals surface area contributed by atoms with Gasteiger partial charge in [0, 0.05) is 47.7 Å². The molecule has 0 aliphatic heterocycles. The molecule has 0 bridgehead atoms. The Balaban J connectivity index is 1.79. The molecule has 3 aromatic carbocycles. The molecule has 2 amide bonds. The van der Waals surface area contributed by atoms with Gasteiger partial charge in [-0.2, -0.15) is 0 Å². The highest BCUT2D eigenvalue weighted by atomic mass is 16.5. The summed E-state index contributed by atoms with van der Waals surface area (Å²) in [4.78, 5) is 27.5. The van der Waals surface area contributed by atoms with Gasteiger partial charge in [-0.15, -0.1) is 0 Å². The Bertz CT molecular complexity index is 1320. The quantitative estimate of drug-likeness (QED) is 0.225. The van der Waals surface area contributed by atoms with Crippen LogP contribution in [0.2, 0.25) is 0 Å². The van der Waals surface area contributed by atoms with Crippen molar-refractivity contribution in [2.75, 3.05) is 45.1 Å². The highest BCUT2D eigenvalue weighted by Gasteiger charge is 2.17. The van der Waals surface area contributed by atoms with Gasteiger partial charge in [0.2, 0.25) is 5.91 Å². The molecule has 0 aliphatic rings. The van der Waals surface area contributed by atoms with Crippen LogP contribution in [-0.2, 0) is 11.3 Å². The molecule has 0 saturated carbocycles. The Kier molecular flexibility index (Phi) is 9.15. The molecule has 10 nitrogen and oxygen atoms in total. The summed E-state index contributed by atoms with van der Waals surface area (Å²) < 4.78 is 16.0. The number of rotatable bonds is 11. The first-order valence-electron chi connectivity index (χ1n) is 11.8. The monoisotopic (exact) mass is 519 g/mol. The third kappa shape index (κ3) is 6.73. The Morgan fingerprint density at radius 1 is 0.947 bits per heavy atom. The van der Waals surface area contributed by atoms with Crippen LogP contribution in [0.4, 0.5) is 11.4 Å². The second-order valence-corrected chi connectivity index (χ2v) is 8.58. The highest BCUT2D eigenvalue weighted by molar-refractivity contribution is 5.98. The van der Waals surface area contributed by atoms with Gasteiger partial charge in [0.25, 0.3) is 5.91 Å². The minimum Gasteiger partial charge on any atom is -0.497 e. The number of hydrogen-bond donors (Lipinski definition) is 4. The molecule has 0 unspecified atom stereocenters. The van der Waals surface area contributed by atoms with Crippen LogP contribution in [0.5, 0.6) is 17.2 Å². The van der Waals surface area contributed by atoms with Gasteiger partial charge < -0.3 is 35.5 Å². The van der Waals surface area contributed by atoms with Crippen LogP contribution < -0.4 is 35.5 Å². The molecule has 0 saturated heterocycles. The molecule has 0 aliphatic carbocycles. The van der Waals surface area contributed by atoms with Gasteiger partial charge in [-0.05, 0) is 42.8 Å². The maximum absolute atomic E-state index is 13.0. The average Bonchev–Trinajstić information content (AvgIpc) is 2.91. The summed E-state index contributed by atoms with van der Waals surface area (Å²) in [6.45, 7) is 2.04. The lowest BCUT2D eigenvalue weighted by atomic mass is 10.1. The second-order valence-electron chi connectivity index (χ2n) is 8.58. The zero-order valence-electron chi connectivity index (χ0n) is 22.2. The lowest BCUT2D eigenvalue weighted by Gasteiger charge is -2.23. The van der Waals surface area contributed by atoms with Gasteiger partial charge in [-0.3, -0.25) is 15.0 Å². The molecular formula is C28H33N5O5. The minimum atomic E-state index is -0.318. The predicted molar refractivity (Wildman–Crippen MR) is 148 cm³/mol. The van der Waals surface area contributed by atoms with E-state index in [0.29, 0.717) is 39.8 Å². The number of amides is 2. The number of anilines is 2. The summed E-state index contributed by atoms with van der Waals surface area (Å²) in [5.74, 6) is 1.05. The fourth-order valence-corrected chi connectivity index (χ4v) is 3.93. The average molecular weight is 520 g/mol. The first kappa shape index (κ1) is 27.9. The Labute approximate surface area is 222 Å². The number of benzene rings is 3. The van der Waals surface area contributed by atoms with Crippen molar-refractivity contribution in [3.8, 4) is 17.2 Å². The molecule has 0 aromatic heterocycles. The van der Waals surface area contributed by atoms with E-state index in [-0.39, 0.29) is 30.7 Å². The highest BCUT2D eigenvalue weighted by Crippen LogP contribution is 2.29. The maximum atomic E-state index is 13.0. The molecule has 0 heterocycles. The van der Waals surface area contributed by atoms with Crippen molar-refractivity contribution in [2.24, 2.45) is 5.73 Å². The summed E-state index contributed by atoms with van der Waals surface area (Å²) in [5, 5.41) is 13.6. The molecule has 0 radical (unpaired) electrons. The standard InChI is InChI=1S/C28H33N5O5/c1-17-24(37-4)12-20(13-25(17)38-5)28(35)31-15-19-10-9-18(27(29)30)11-23(19)33(2)16-26(34)32-21-7-6-8-22(14-21)36-3/h6-14H,15-16H2,1-5H3,(H3,29,30)(H,31,35)(H,32,34). The van der Waals surface area contributed by atoms with Crippen molar-refractivity contribution >= 4 is 29.0 Å². The second kappa shape index (κ2) is 12.5. The largest absolute Gasteiger partial charge is 0.497 e. The third-order valence-corrected chi connectivity index (χ3v) is 6.00. The lowest BCUT2D eigenvalue weighted by molar-refractivity contribution is -0.114. The SMILES string of the molecule is COc1cccc(NC(=O)CN(C)c2cc(C(=N)N)ccc2CNC(=O)c2cc(OC)c(C)c(OC)c2)c1. The summed E-state index contributed by atoms with van der Waals surface area (Å²) >= 11 is 0. The first-order chi connectivity index (χ1) is 18.2. The van der Waals surface area contributed by atoms with Gasteiger partial charge in [-0.25, -0.2) is 0 Å². The van der Waals surface area contributed by atoms with E-state index in [4.69, 9.17) is 25.4 Å². The van der Waals surface area contributed by atoms with Crippen molar-refractivity contribution in [3.05, 3.63) is 76.9 Å². The number of carbonyl (C=O) groups is 2. The molecule has 0 atom stereocenters. The zero-order valence-corrected chi connectivity index (χ0v) is 22.2. The van der Waals surface area contributed by atoms with E-state index in [2.05, 4.69) is 10.6 Å². The molecule has 5 N–H and O–H groups in total. The molecule has 3 aromatic rings. The van der Waals surface area contributed by atoms with Crippen LogP contribution in [0.3, 0.4) is 0 Å². The van der Waals surface area contributed by atoms with E-state index in [1.165, 1.54) is 14.2 Å². The van der Waals surface area contributed by atoms with E-state index in [1.807, 2.05) is 6.92 Å². The summed E-state index contributed by atoms with van der Waals surface area (Å²) in [7, 11) is 6.38. The Morgan fingerprint density at radius 3 is 2.24 bits per heavy atom. The zero-order chi connectivity index (χ0) is 27.8. The van der Waals surface area contributed by atoms with Gasteiger partial charge in [0.05, 0.1) is 27.9 Å². The van der Waals surface area contributed by atoms with Crippen LogP contribution in [0, 0.1) is 12.3 Å². The number of nitrogens with one attached hydrogen (secondary N) is 3. The number of amidine groups is 1. The number of methoxy groups -OCH3 is 3. The van der Waals surface area contributed by atoms with E-state index in [1.54, 1.807) is 73.7 Å². The number of nitrogen functional groups attached to an aromatic ring is 1. The van der Waals surface area contributed by atoms with E-state index in [9.17, 15) is 9.59 Å². The van der Waals surface area contributed by atoms with Crippen molar-refractivity contribution in [1.29, 1.82) is 5.41 Å². The van der Waals surface area contributed by atoms with Crippen LogP contribution in [0.1, 0.15) is 27.0 Å². The topological polar surface area (TPSA) is 139 Å². The molecule has 38 heavy (non-hydrogen) atoms. The van der Waals surface area contributed by atoms with E-state index in [0.717, 1.165) is 11.1 Å². The maximum Gasteiger partial charge on any atom is 0.251 e. The Hall–Kier alpha value is -4.73. The summed E-state index contributed by atoms with van der Waals surface area (Å²) in [6, 6.07) is 15.6. The van der Waals surface area contributed by atoms with E-state index < -0.39 is 0 Å². The fraction of sp³-hybridized carbons (Fsp3) is 0.250. The van der Waals surface area contributed by atoms with Crippen LogP contribution in [0.25, 0.3) is 0 Å². The van der Waals surface area contributed by atoms with Crippen LogP contribution in [0.15, 0.2) is 54.6 Å². The lowest BCUT2D eigenvalue weighted by Crippen LogP contribution is -2.32. The van der Waals surface area contributed by atoms with Crippen molar-refractivity contribution in [1.82, 2.24) is 5.32 Å². The van der Waals surface area contributed by atoms with Crippen LogP contribution >= 0.6 is 0 Å². The molecule has 10 heteroatoms. The summed E-state index contributed by atoms with van der Waals surface area (Å²) in [5.41, 5.74) is 9.39. The number of nitrogens with two attached hydrogens (primary N) is 1. The predicted octanol–water partition coefficient (Wildman–Crippen LogP) is 3.31. The van der Waals surface area contributed by atoms with Crippen LogP contribution in [-0.4, -0.2) is 52.6 Å². The minimum absolute atomic E-state index is 0.0197. The van der Waals surface area contributed by atoms with Crippen molar-refractivity contribution < 1.29 is 23.8 Å². The van der Waals surface area contributed by atoms with Gasteiger partial charge in [0.15, 0.2) is 0 Å². The molecule has 200 valence electrons. The summed E-state index contributed by atoms with van der Waals surface area (Å²) in [6.07, 6.45) is 0.